The van der Waals surface area contributed by atoms with E-state index >= 15 is 0 Å². The lowest BCUT2D eigenvalue weighted by molar-refractivity contribution is -0.156. The normalized spacial score (nSPS) is 23.6. The Kier molecular flexibility index (Phi) is 5.61. The van der Waals surface area contributed by atoms with Crippen LogP contribution < -0.4 is 0 Å². The molecule has 25 heavy (non-hydrogen) atoms. The monoisotopic (exact) mass is 433 g/mol. The van der Waals surface area contributed by atoms with Gasteiger partial charge in [0.25, 0.3) is 0 Å². The second-order valence-corrected chi connectivity index (χ2v) is 11.6. The second kappa shape index (κ2) is 6.80. The highest BCUT2D eigenvalue weighted by Crippen LogP contribution is 2.46. The average Bonchev–Trinajstić information content (AvgIpc) is 2.40. The van der Waals surface area contributed by atoms with Crippen LogP contribution in [-0.4, -0.2) is 44.4 Å². The Morgan fingerprint density at radius 3 is 2.32 bits per heavy atom. The third-order valence-corrected chi connectivity index (χ3v) is 5.81. The molecule has 1 saturated heterocycles. The Morgan fingerprint density at radius 2 is 1.84 bits per heavy atom. The number of halogens is 1. The van der Waals surface area contributed by atoms with Gasteiger partial charge in [-0.1, -0.05) is 36.7 Å². The number of carbonyl (C=O) groups is 2. The van der Waals surface area contributed by atoms with E-state index in [-0.39, 0.29) is 22.7 Å². The number of hydrogen-bond acceptors (Lipinski definition) is 5. The number of carbonyl (C=O) groups excluding carboxylic acids is 2. The van der Waals surface area contributed by atoms with E-state index < -0.39 is 9.93 Å². The number of β-lactam (4-membered cyclic amide) rings is 1. The van der Waals surface area contributed by atoms with Gasteiger partial charge < -0.3 is 9.47 Å². The van der Waals surface area contributed by atoms with Crippen molar-refractivity contribution >= 4 is 39.6 Å². The van der Waals surface area contributed by atoms with Crippen LogP contribution in [0, 0.1) is 5.41 Å². The van der Waals surface area contributed by atoms with Gasteiger partial charge in [0.15, 0.2) is 5.88 Å². The molecule has 0 aliphatic carbocycles. The molecule has 0 radical (unpaired) electrons. The number of esters is 1. The van der Waals surface area contributed by atoms with Crippen LogP contribution in [0.25, 0.3) is 0 Å². The number of alkyl halides is 1. The summed E-state index contributed by atoms with van der Waals surface area (Å²) in [6.07, 6.45) is 0.520. The molecule has 0 spiro atoms. The molecular formula is C18H28BrNO4S. The molecule has 1 amide bonds. The maximum atomic E-state index is 12.7. The Balaban J connectivity index is 2.36. The van der Waals surface area contributed by atoms with E-state index in [1.165, 1.54) is 0 Å². The number of ether oxygens (including phenoxy) is 2. The largest absolute Gasteiger partial charge is 0.478 e. The molecule has 1 fully saturated rings. The smallest absolute Gasteiger partial charge is 0.327 e. The van der Waals surface area contributed by atoms with E-state index in [1.807, 2.05) is 20.8 Å². The molecule has 5 nitrogen and oxygen atoms in total. The molecule has 0 aromatic heterocycles. The van der Waals surface area contributed by atoms with Gasteiger partial charge in [0, 0.05) is 11.3 Å². The van der Waals surface area contributed by atoms with Crippen molar-refractivity contribution in [2.24, 2.45) is 5.41 Å². The quantitative estimate of drug-likeness (QED) is 0.380. The van der Waals surface area contributed by atoms with E-state index in [1.54, 1.807) is 23.6 Å². The number of fused-ring (bicyclic) bond motifs is 1. The van der Waals surface area contributed by atoms with Crippen LogP contribution in [0.1, 0.15) is 54.9 Å². The molecule has 2 aliphatic rings. The first kappa shape index (κ1) is 20.6. The number of rotatable bonds is 4. The minimum Gasteiger partial charge on any atom is -0.478 e. The molecule has 142 valence electrons. The molecule has 2 aliphatic heterocycles. The van der Waals surface area contributed by atoms with Crippen LogP contribution in [-0.2, 0) is 19.1 Å². The van der Waals surface area contributed by atoms with Gasteiger partial charge in [0.2, 0.25) is 5.91 Å². The summed E-state index contributed by atoms with van der Waals surface area (Å²) in [5.41, 5.74) is 0.108. The molecule has 2 atom stereocenters. The molecule has 0 bridgehead atoms. The summed E-state index contributed by atoms with van der Waals surface area (Å²) in [6, 6.07) is 0. The van der Waals surface area contributed by atoms with Gasteiger partial charge in [0.05, 0.1) is 18.4 Å². The zero-order chi connectivity index (χ0) is 19.2. The maximum absolute atomic E-state index is 12.7. The molecule has 1 unspecified atom stereocenters. The van der Waals surface area contributed by atoms with E-state index in [4.69, 9.17) is 9.47 Å². The zero-order valence-corrected chi connectivity index (χ0v) is 18.5. The highest BCUT2D eigenvalue weighted by Gasteiger charge is 2.50. The Labute approximate surface area is 163 Å². The minimum atomic E-state index is -1.04. The topological polar surface area (TPSA) is 55.8 Å². The SMILES string of the molecule is CC(C)(C)COC1=C(C(C)(Br)C(=O)OC(C)(C)C)CS[C@H]2CC(=O)N12. The number of hydrogen-bond donors (Lipinski definition) is 0. The third-order valence-electron chi connectivity index (χ3n) is 3.79. The van der Waals surface area contributed by atoms with Crippen LogP contribution in [0.15, 0.2) is 11.5 Å². The van der Waals surface area contributed by atoms with Gasteiger partial charge in [-0.2, -0.15) is 0 Å². The third kappa shape index (κ3) is 4.73. The lowest BCUT2D eigenvalue weighted by Gasteiger charge is -2.46. The van der Waals surface area contributed by atoms with Crippen LogP contribution in [0.2, 0.25) is 0 Å². The van der Waals surface area contributed by atoms with Crippen LogP contribution in [0.3, 0.4) is 0 Å². The summed E-state index contributed by atoms with van der Waals surface area (Å²) >= 11 is 5.20. The predicted octanol–water partition coefficient (Wildman–Crippen LogP) is 4.06. The summed E-state index contributed by atoms with van der Waals surface area (Å²) in [7, 11) is 0. The summed E-state index contributed by atoms with van der Waals surface area (Å²) in [6.45, 7) is 14.0. The molecule has 0 N–H and O–H groups in total. The molecule has 7 heteroatoms. The van der Waals surface area contributed by atoms with Gasteiger partial charge in [-0.3, -0.25) is 14.5 Å². The molecule has 2 heterocycles. The first-order valence-corrected chi connectivity index (χ1v) is 10.3. The Hall–Kier alpha value is -0.690. The Bertz CT molecular complexity index is 601. The fourth-order valence-corrected chi connectivity index (χ4v) is 4.40. The number of nitrogens with zero attached hydrogens (tertiary/aromatic N) is 1. The molecule has 2 rings (SSSR count). The van der Waals surface area contributed by atoms with Crippen molar-refractivity contribution in [3.8, 4) is 0 Å². The van der Waals surface area contributed by atoms with E-state index in [9.17, 15) is 9.59 Å². The molecule has 0 saturated carbocycles. The summed E-state index contributed by atoms with van der Waals surface area (Å²) in [4.78, 5) is 26.6. The van der Waals surface area contributed by atoms with E-state index in [0.717, 1.165) is 5.57 Å². The average molecular weight is 434 g/mol. The van der Waals surface area contributed by atoms with Gasteiger partial charge >= 0.3 is 5.97 Å². The van der Waals surface area contributed by atoms with Crippen molar-refractivity contribution in [2.75, 3.05) is 12.4 Å². The first-order chi connectivity index (χ1) is 11.2. The standard InChI is InChI=1S/C18H28BrNO4S/c1-16(2,3)10-23-14-11(9-25-13-8-12(21)20(13)14)18(7,19)15(22)24-17(4,5)6/h13H,8-10H2,1-7H3/t13-,18?/m0/s1. The second-order valence-electron chi connectivity index (χ2n) is 8.87. The van der Waals surface area contributed by atoms with Gasteiger partial charge in [0.1, 0.15) is 9.93 Å². The summed E-state index contributed by atoms with van der Waals surface area (Å²) in [5, 5.41) is 0.105. The van der Waals surface area contributed by atoms with Crippen LogP contribution in [0.4, 0.5) is 0 Å². The first-order valence-electron chi connectivity index (χ1n) is 8.45. The fraction of sp³-hybridized carbons (Fsp3) is 0.778. The van der Waals surface area contributed by atoms with E-state index in [0.29, 0.717) is 24.7 Å². The highest BCUT2D eigenvalue weighted by molar-refractivity contribution is 9.10. The lowest BCUT2D eigenvalue weighted by atomic mass is 9.98. The highest BCUT2D eigenvalue weighted by atomic mass is 79.9. The summed E-state index contributed by atoms with van der Waals surface area (Å²) in [5.74, 6) is 0.791. The van der Waals surface area contributed by atoms with Crippen LogP contribution in [0.5, 0.6) is 0 Å². The predicted molar refractivity (Wildman–Crippen MR) is 103 cm³/mol. The fourth-order valence-electron chi connectivity index (χ4n) is 2.43. The maximum Gasteiger partial charge on any atom is 0.327 e. The minimum absolute atomic E-state index is 0.0334. The number of thioether (sulfide) groups is 1. The van der Waals surface area contributed by atoms with Crippen LogP contribution >= 0.6 is 27.7 Å². The van der Waals surface area contributed by atoms with Crippen molar-refractivity contribution in [1.82, 2.24) is 4.90 Å². The van der Waals surface area contributed by atoms with Crippen molar-refractivity contribution in [2.45, 2.75) is 70.2 Å². The zero-order valence-electron chi connectivity index (χ0n) is 16.1. The number of amides is 1. The molecule has 0 aromatic rings. The van der Waals surface area contributed by atoms with E-state index in [2.05, 4.69) is 36.7 Å². The Morgan fingerprint density at radius 1 is 1.24 bits per heavy atom. The molecule has 0 aromatic carbocycles. The summed E-state index contributed by atoms with van der Waals surface area (Å²) < 4.78 is 10.6. The van der Waals surface area contributed by atoms with Crippen molar-refractivity contribution in [1.29, 1.82) is 0 Å². The van der Waals surface area contributed by atoms with Crippen molar-refractivity contribution in [3.63, 3.8) is 0 Å². The lowest BCUT2D eigenvalue weighted by Crippen LogP contribution is -2.55. The van der Waals surface area contributed by atoms with Crippen molar-refractivity contribution < 1.29 is 19.1 Å². The van der Waals surface area contributed by atoms with Gasteiger partial charge in [-0.05, 0) is 33.1 Å². The molecular weight excluding hydrogens is 406 g/mol. The van der Waals surface area contributed by atoms with Gasteiger partial charge in [-0.15, -0.1) is 11.8 Å². The van der Waals surface area contributed by atoms with Gasteiger partial charge in [-0.25, -0.2) is 0 Å². The van der Waals surface area contributed by atoms with Crippen molar-refractivity contribution in [3.05, 3.63) is 11.5 Å².